The van der Waals surface area contributed by atoms with Crippen molar-refractivity contribution in [3.8, 4) is 0 Å². The number of halogens is 4. The number of aromatic nitrogens is 4. The number of anilines is 1. The molecule has 0 aliphatic heterocycles. The Morgan fingerprint density at radius 3 is 2.64 bits per heavy atom. The van der Waals surface area contributed by atoms with E-state index in [9.17, 15) is 18.0 Å². The number of fused-ring (bicyclic) bond motifs is 2. The van der Waals surface area contributed by atoms with Gasteiger partial charge in [0.15, 0.2) is 5.65 Å². The number of alkyl halides is 3. The van der Waals surface area contributed by atoms with Crippen LogP contribution in [0.2, 0.25) is 5.02 Å². The molecule has 1 fully saturated rings. The summed E-state index contributed by atoms with van der Waals surface area (Å²) in [6.45, 7) is 1.86. The first-order chi connectivity index (χ1) is 17.1. The molecular weight excluding hydrogens is 493 g/mol. The Labute approximate surface area is 210 Å². The molecule has 0 unspecified atom stereocenters. The summed E-state index contributed by atoms with van der Waals surface area (Å²) < 4.78 is 42.2. The molecule has 1 aromatic carbocycles. The van der Waals surface area contributed by atoms with Crippen LogP contribution < -0.4 is 10.2 Å². The predicted molar refractivity (Wildman–Crippen MR) is 131 cm³/mol. The van der Waals surface area contributed by atoms with Crippen LogP contribution in [-0.4, -0.2) is 44.6 Å². The number of rotatable bonds is 4. The van der Waals surface area contributed by atoms with Crippen LogP contribution in [0.15, 0.2) is 42.7 Å². The van der Waals surface area contributed by atoms with Gasteiger partial charge in [-0.25, -0.2) is 14.5 Å². The van der Waals surface area contributed by atoms with Gasteiger partial charge in [0.1, 0.15) is 5.69 Å². The van der Waals surface area contributed by atoms with Gasteiger partial charge >= 0.3 is 6.18 Å². The maximum atomic E-state index is 13.5. The molecule has 3 aromatic heterocycles. The van der Waals surface area contributed by atoms with Gasteiger partial charge in [-0.2, -0.15) is 18.3 Å². The maximum Gasteiger partial charge on any atom is 0.433 e. The molecule has 0 radical (unpaired) electrons. The van der Waals surface area contributed by atoms with Crippen molar-refractivity contribution in [1.29, 1.82) is 0 Å². The third-order valence-corrected chi connectivity index (χ3v) is 6.93. The van der Waals surface area contributed by atoms with Crippen molar-refractivity contribution in [2.24, 2.45) is 0 Å². The molecule has 36 heavy (non-hydrogen) atoms. The van der Waals surface area contributed by atoms with E-state index >= 15 is 0 Å². The molecule has 1 saturated carbocycles. The number of carbonyl (C=O) groups is 1. The van der Waals surface area contributed by atoms with Crippen LogP contribution in [-0.2, 0) is 6.18 Å². The zero-order chi connectivity index (χ0) is 25.6. The van der Waals surface area contributed by atoms with Crippen molar-refractivity contribution in [3.63, 3.8) is 0 Å². The minimum Gasteiger partial charge on any atom is -0.371 e. The molecule has 4 aromatic rings. The topological polar surface area (TPSA) is 75.4 Å². The highest BCUT2D eigenvalue weighted by atomic mass is 35.5. The summed E-state index contributed by atoms with van der Waals surface area (Å²) in [6.07, 6.45) is 1.45. The highest BCUT2D eigenvalue weighted by Crippen LogP contribution is 2.37. The van der Waals surface area contributed by atoms with E-state index in [2.05, 4.69) is 20.4 Å². The molecule has 188 valence electrons. The second kappa shape index (κ2) is 9.24. The van der Waals surface area contributed by atoms with E-state index < -0.39 is 11.9 Å². The lowest BCUT2D eigenvalue weighted by Gasteiger charge is -2.37. The molecule has 0 bridgehead atoms. The number of carbonyl (C=O) groups excluding carboxylic acids is 1. The molecule has 1 aliphatic rings. The van der Waals surface area contributed by atoms with Crippen molar-refractivity contribution in [3.05, 3.63) is 64.7 Å². The van der Waals surface area contributed by atoms with Crippen LogP contribution in [0.3, 0.4) is 0 Å². The number of aryl methyl sites for hydroxylation is 1. The van der Waals surface area contributed by atoms with E-state index in [0.717, 1.165) is 11.8 Å². The van der Waals surface area contributed by atoms with E-state index in [0.29, 0.717) is 53.0 Å². The van der Waals surface area contributed by atoms with E-state index in [1.165, 1.54) is 18.3 Å². The number of nitrogens with zero attached hydrogens (tertiary/aromatic N) is 5. The predicted octanol–water partition coefficient (Wildman–Crippen LogP) is 5.44. The maximum absolute atomic E-state index is 13.5. The van der Waals surface area contributed by atoms with Gasteiger partial charge in [-0.15, -0.1) is 0 Å². The highest BCUT2D eigenvalue weighted by molar-refractivity contribution is 6.31. The Hall–Kier alpha value is -3.40. The van der Waals surface area contributed by atoms with E-state index in [1.807, 2.05) is 17.9 Å². The van der Waals surface area contributed by atoms with Gasteiger partial charge in [-0.05, 0) is 56.9 Å². The molecule has 5 rings (SSSR count). The number of nitrogens with one attached hydrogen (secondary N) is 1. The molecule has 11 heteroatoms. The molecule has 7 nitrogen and oxygen atoms in total. The van der Waals surface area contributed by atoms with Gasteiger partial charge in [0, 0.05) is 53.7 Å². The summed E-state index contributed by atoms with van der Waals surface area (Å²) in [7, 11) is 1.80. The van der Waals surface area contributed by atoms with E-state index in [-0.39, 0.29) is 23.5 Å². The Bertz CT molecular complexity index is 1450. The summed E-state index contributed by atoms with van der Waals surface area (Å²) in [6, 6.07) is 7.58. The van der Waals surface area contributed by atoms with Gasteiger partial charge in [-0.3, -0.25) is 4.79 Å². The van der Waals surface area contributed by atoms with Gasteiger partial charge in [0.05, 0.1) is 16.8 Å². The molecule has 0 spiro atoms. The van der Waals surface area contributed by atoms with Crippen LogP contribution >= 0.6 is 11.6 Å². The minimum atomic E-state index is -4.56. The average molecular weight is 517 g/mol. The summed E-state index contributed by atoms with van der Waals surface area (Å²) in [5.41, 5.74) is 1.66. The molecule has 1 amide bonds. The first kappa shape index (κ1) is 24.3. The quantitative estimate of drug-likeness (QED) is 0.391. The number of benzene rings is 1. The monoisotopic (exact) mass is 516 g/mol. The Morgan fingerprint density at radius 1 is 1.17 bits per heavy atom. The third-order valence-electron chi connectivity index (χ3n) is 6.70. The van der Waals surface area contributed by atoms with Crippen molar-refractivity contribution in [1.82, 2.24) is 24.9 Å². The standard InChI is InChI=1S/C25H24ClF3N6O/c1-14-9-23-30-12-15(13-35(23)33-14)24(36)31-17-4-6-18(7-5-17)34(2)21-11-22(25(27,28)29)32-20-8-3-16(26)10-19(20)21/h3,8-13,17-18H,4-7H2,1-2H3,(H,31,36). The first-order valence-corrected chi connectivity index (χ1v) is 12.0. The van der Waals surface area contributed by atoms with Crippen LogP contribution in [0.5, 0.6) is 0 Å². The molecule has 3 heterocycles. The summed E-state index contributed by atoms with van der Waals surface area (Å²) in [5.74, 6) is -0.223. The number of amides is 1. The largest absolute Gasteiger partial charge is 0.433 e. The molecule has 0 saturated heterocycles. The van der Waals surface area contributed by atoms with Crippen molar-refractivity contribution >= 4 is 39.7 Å². The SMILES string of the molecule is Cc1cc2ncc(C(=O)NC3CCC(N(C)c4cc(C(F)(F)F)nc5ccc(Cl)cc45)CC3)cn2n1. The summed E-state index contributed by atoms with van der Waals surface area (Å²) in [5, 5.41) is 8.36. The van der Waals surface area contributed by atoms with Gasteiger partial charge in [-0.1, -0.05) is 11.6 Å². The Balaban J connectivity index is 1.29. The summed E-state index contributed by atoms with van der Waals surface area (Å²) >= 11 is 6.14. The van der Waals surface area contributed by atoms with E-state index in [1.54, 1.807) is 23.8 Å². The van der Waals surface area contributed by atoms with Crippen LogP contribution in [0.25, 0.3) is 16.6 Å². The second-order valence-electron chi connectivity index (χ2n) is 9.21. The van der Waals surface area contributed by atoms with Gasteiger partial charge in [0.25, 0.3) is 5.91 Å². The fourth-order valence-electron chi connectivity index (χ4n) is 4.80. The van der Waals surface area contributed by atoms with Crippen LogP contribution in [0.4, 0.5) is 18.9 Å². The normalized spacial score (nSPS) is 18.5. The number of hydrogen-bond acceptors (Lipinski definition) is 5. The van der Waals surface area contributed by atoms with Crippen molar-refractivity contribution in [2.45, 2.75) is 50.9 Å². The highest BCUT2D eigenvalue weighted by Gasteiger charge is 2.35. The van der Waals surface area contributed by atoms with E-state index in [4.69, 9.17) is 11.6 Å². The van der Waals surface area contributed by atoms with Crippen molar-refractivity contribution < 1.29 is 18.0 Å². The minimum absolute atomic E-state index is 0.00823. The molecular formula is C25H24ClF3N6O. The first-order valence-electron chi connectivity index (χ1n) is 11.6. The number of hydrogen-bond donors (Lipinski definition) is 1. The third kappa shape index (κ3) is 4.82. The van der Waals surface area contributed by atoms with Crippen LogP contribution in [0.1, 0.15) is 47.4 Å². The smallest absolute Gasteiger partial charge is 0.371 e. The van der Waals surface area contributed by atoms with Gasteiger partial charge in [0.2, 0.25) is 0 Å². The molecule has 1 N–H and O–H groups in total. The Kier molecular flexibility index (Phi) is 6.23. The second-order valence-corrected chi connectivity index (χ2v) is 9.64. The fourth-order valence-corrected chi connectivity index (χ4v) is 4.97. The molecule has 1 aliphatic carbocycles. The summed E-state index contributed by atoms with van der Waals surface area (Å²) in [4.78, 5) is 22.7. The van der Waals surface area contributed by atoms with Crippen molar-refractivity contribution in [2.75, 3.05) is 11.9 Å². The fraction of sp³-hybridized carbons (Fsp3) is 0.360. The molecule has 0 atom stereocenters. The Morgan fingerprint density at radius 2 is 1.92 bits per heavy atom. The lowest BCUT2D eigenvalue weighted by atomic mass is 9.89. The average Bonchev–Trinajstić information content (AvgIpc) is 3.22. The van der Waals surface area contributed by atoms with Gasteiger partial charge < -0.3 is 10.2 Å². The number of pyridine rings is 1. The van der Waals surface area contributed by atoms with Crippen LogP contribution in [0, 0.1) is 6.92 Å². The zero-order valence-electron chi connectivity index (χ0n) is 19.7. The lowest BCUT2D eigenvalue weighted by Crippen LogP contribution is -2.43. The zero-order valence-corrected chi connectivity index (χ0v) is 20.4. The lowest BCUT2D eigenvalue weighted by molar-refractivity contribution is -0.140.